The van der Waals surface area contributed by atoms with Gasteiger partial charge in [-0.15, -0.1) is 11.8 Å². The summed E-state index contributed by atoms with van der Waals surface area (Å²) < 4.78 is 13.7. The van der Waals surface area contributed by atoms with Gasteiger partial charge in [0.25, 0.3) is 5.56 Å². The molecule has 4 aromatic carbocycles. The SMILES string of the molecule is CCOC(=O)C1=C(c2ccccc2)N=c2s/c(=C\c3cc(Cl)ccc3OCc3ccc(Cl)cc3)c(=O)n2[C@@H]1c1ccc(SC)cc1. The van der Waals surface area contributed by atoms with E-state index in [0.29, 0.717) is 48.6 Å². The Morgan fingerprint density at radius 3 is 2.39 bits per heavy atom. The van der Waals surface area contributed by atoms with Crippen LogP contribution in [0.4, 0.5) is 0 Å². The molecule has 1 aliphatic heterocycles. The first-order valence-corrected chi connectivity index (χ1v) is 17.2. The lowest BCUT2D eigenvalue weighted by molar-refractivity contribution is -0.138. The quantitative estimate of drug-likeness (QED) is 0.118. The summed E-state index contributed by atoms with van der Waals surface area (Å²) >= 11 is 15.3. The first-order chi connectivity index (χ1) is 22.4. The number of benzene rings is 4. The highest BCUT2D eigenvalue weighted by Crippen LogP contribution is 2.36. The average Bonchev–Trinajstić information content (AvgIpc) is 3.39. The Labute approximate surface area is 284 Å². The lowest BCUT2D eigenvalue weighted by Gasteiger charge is -2.26. The molecule has 46 heavy (non-hydrogen) atoms. The maximum absolute atomic E-state index is 14.3. The minimum Gasteiger partial charge on any atom is -0.488 e. The number of aromatic nitrogens is 1. The van der Waals surface area contributed by atoms with Crippen molar-refractivity contribution in [2.75, 3.05) is 12.9 Å². The van der Waals surface area contributed by atoms with E-state index >= 15 is 0 Å². The Kier molecular flexibility index (Phi) is 9.80. The van der Waals surface area contributed by atoms with Crippen molar-refractivity contribution in [2.45, 2.75) is 24.5 Å². The van der Waals surface area contributed by atoms with Gasteiger partial charge in [0.2, 0.25) is 0 Å². The zero-order chi connectivity index (χ0) is 32.2. The van der Waals surface area contributed by atoms with Crippen LogP contribution in [0.2, 0.25) is 10.0 Å². The first-order valence-electron chi connectivity index (χ1n) is 14.5. The molecular formula is C36H28Cl2N2O4S2. The Balaban J connectivity index is 1.53. The normalized spacial score (nSPS) is 14.5. The molecule has 0 aliphatic carbocycles. The van der Waals surface area contributed by atoms with E-state index in [9.17, 15) is 9.59 Å². The lowest BCUT2D eigenvalue weighted by atomic mass is 9.93. The Morgan fingerprint density at radius 2 is 1.70 bits per heavy atom. The Bertz CT molecular complexity index is 2110. The molecule has 10 heteroatoms. The number of halogens is 2. The van der Waals surface area contributed by atoms with Crippen LogP contribution in [0.25, 0.3) is 11.8 Å². The molecule has 0 N–H and O–H groups in total. The van der Waals surface area contributed by atoms with Gasteiger partial charge in [0.05, 0.1) is 28.5 Å². The van der Waals surface area contributed by atoms with Gasteiger partial charge in [-0.3, -0.25) is 9.36 Å². The van der Waals surface area contributed by atoms with Crippen molar-refractivity contribution < 1.29 is 14.3 Å². The summed E-state index contributed by atoms with van der Waals surface area (Å²) in [4.78, 5) is 34.5. The van der Waals surface area contributed by atoms with Crippen LogP contribution in [0.15, 0.2) is 117 Å². The zero-order valence-corrected chi connectivity index (χ0v) is 28.1. The minimum absolute atomic E-state index is 0.181. The van der Waals surface area contributed by atoms with E-state index in [2.05, 4.69) is 0 Å². The van der Waals surface area contributed by atoms with Crippen LogP contribution >= 0.6 is 46.3 Å². The smallest absolute Gasteiger partial charge is 0.338 e. The molecule has 0 saturated carbocycles. The fraction of sp³-hybridized carbons (Fsp3) is 0.139. The third-order valence-electron chi connectivity index (χ3n) is 7.37. The number of thiazole rings is 1. The summed E-state index contributed by atoms with van der Waals surface area (Å²) in [5.74, 6) is 0.0395. The molecular weight excluding hydrogens is 659 g/mol. The fourth-order valence-corrected chi connectivity index (χ4v) is 6.90. The standard InChI is InChI=1S/C36H28Cl2N2O4S2/c1-3-43-35(42)31-32(23-7-5-4-6-8-23)39-36-40(33(31)24-11-16-28(45-2)17-12-24)34(41)30(46-36)20-25-19-27(38)15-18-29(25)44-21-22-9-13-26(37)14-10-22/h4-20,33H,3,21H2,1-2H3/b30-20-/t33-/m1/s1. The third-order valence-corrected chi connectivity index (χ3v) is 9.58. The number of carbonyl (C=O) groups is 1. The number of fused-ring (bicyclic) bond motifs is 1. The van der Waals surface area contributed by atoms with E-state index in [0.717, 1.165) is 21.6 Å². The van der Waals surface area contributed by atoms with Gasteiger partial charge < -0.3 is 9.47 Å². The first kappa shape index (κ1) is 31.9. The van der Waals surface area contributed by atoms with Crippen molar-refractivity contribution in [3.63, 3.8) is 0 Å². The number of thioether (sulfide) groups is 1. The van der Waals surface area contributed by atoms with E-state index in [1.165, 1.54) is 11.3 Å². The van der Waals surface area contributed by atoms with Crippen LogP contribution in [0.1, 0.15) is 35.2 Å². The second kappa shape index (κ2) is 14.1. The topological polar surface area (TPSA) is 69.9 Å². The molecule has 0 radical (unpaired) electrons. The average molecular weight is 688 g/mol. The van der Waals surface area contributed by atoms with Crippen molar-refractivity contribution in [2.24, 2.45) is 4.99 Å². The molecule has 232 valence electrons. The maximum atomic E-state index is 14.3. The predicted molar refractivity (Wildman–Crippen MR) is 187 cm³/mol. The molecule has 0 amide bonds. The lowest BCUT2D eigenvalue weighted by Crippen LogP contribution is -2.40. The summed E-state index contributed by atoms with van der Waals surface area (Å²) in [5, 5.41) is 1.15. The Morgan fingerprint density at radius 1 is 0.978 bits per heavy atom. The number of hydrogen-bond acceptors (Lipinski definition) is 7. The van der Waals surface area contributed by atoms with Gasteiger partial charge in [-0.1, -0.05) is 89.1 Å². The van der Waals surface area contributed by atoms with Crippen LogP contribution in [0.3, 0.4) is 0 Å². The van der Waals surface area contributed by atoms with Crippen molar-refractivity contribution in [1.29, 1.82) is 0 Å². The number of esters is 1. The summed E-state index contributed by atoms with van der Waals surface area (Å²) in [6.45, 7) is 2.24. The maximum Gasteiger partial charge on any atom is 0.338 e. The second-order valence-electron chi connectivity index (χ2n) is 10.3. The van der Waals surface area contributed by atoms with E-state index in [4.69, 9.17) is 37.7 Å². The minimum atomic E-state index is -0.761. The number of nitrogens with zero attached hydrogens (tertiary/aromatic N) is 2. The highest BCUT2D eigenvalue weighted by Gasteiger charge is 2.35. The summed E-state index contributed by atoms with van der Waals surface area (Å²) in [5.41, 5.74) is 3.59. The molecule has 2 heterocycles. The highest BCUT2D eigenvalue weighted by molar-refractivity contribution is 7.98. The largest absolute Gasteiger partial charge is 0.488 e. The molecule has 0 fully saturated rings. The molecule has 1 atom stereocenters. The molecule has 6 nitrogen and oxygen atoms in total. The third kappa shape index (κ3) is 6.71. The predicted octanol–water partition coefficient (Wildman–Crippen LogP) is 7.54. The Hall–Kier alpha value is -4.08. The molecule has 5 aromatic rings. The van der Waals surface area contributed by atoms with Crippen molar-refractivity contribution in [1.82, 2.24) is 4.57 Å². The van der Waals surface area contributed by atoms with Crippen LogP contribution < -0.4 is 19.6 Å². The van der Waals surface area contributed by atoms with Crippen LogP contribution in [-0.4, -0.2) is 23.4 Å². The second-order valence-corrected chi connectivity index (χ2v) is 13.1. The zero-order valence-electron chi connectivity index (χ0n) is 24.9. The van der Waals surface area contributed by atoms with Crippen molar-refractivity contribution >= 4 is 64.0 Å². The van der Waals surface area contributed by atoms with Gasteiger partial charge >= 0.3 is 5.97 Å². The molecule has 1 aromatic heterocycles. The molecule has 0 bridgehead atoms. The summed E-state index contributed by atoms with van der Waals surface area (Å²) in [6.07, 6.45) is 3.76. The van der Waals surface area contributed by atoms with Gasteiger partial charge in [0, 0.05) is 26.1 Å². The van der Waals surface area contributed by atoms with E-state index < -0.39 is 12.0 Å². The molecule has 0 unspecified atom stereocenters. The van der Waals surface area contributed by atoms with Gasteiger partial charge in [-0.25, -0.2) is 9.79 Å². The van der Waals surface area contributed by atoms with E-state index in [-0.39, 0.29) is 12.2 Å². The number of ether oxygens (including phenoxy) is 2. The molecule has 1 aliphatic rings. The fourth-order valence-electron chi connectivity index (χ4n) is 5.19. The van der Waals surface area contributed by atoms with Gasteiger partial charge in [0.15, 0.2) is 4.80 Å². The number of hydrogen-bond donors (Lipinski definition) is 0. The summed E-state index contributed by atoms with van der Waals surface area (Å²) in [7, 11) is 0. The van der Waals surface area contributed by atoms with Crippen molar-refractivity contribution in [3.8, 4) is 5.75 Å². The number of carbonyl (C=O) groups excluding carboxylic acids is 1. The number of rotatable bonds is 9. The van der Waals surface area contributed by atoms with Gasteiger partial charge in [-0.05, 0) is 72.8 Å². The van der Waals surface area contributed by atoms with Crippen LogP contribution in [-0.2, 0) is 16.1 Å². The molecule has 6 rings (SSSR count). The van der Waals surface area contributed by atoms with Gasteiger partial charge in [-0.2, -0.15) is 0 Å². The summed E-state index contributed by atoms with van der Waals surface area (Å²) in [6, 6.07) is 29.3. The molecule has 0 spiro atoms. The van der Waals surface area contributed by atoms with E-state index in [1.807, 2.05) is 85.1 Å². The highest BCUT2D eigenvalue weighted by atomic mass is 35.5. The van der Waals surface area contributed by atoms with Gasteiger partial charge in [0.1, 0.15) is 12.4 Å². The van der Waals surface area contributed by atoms with Crippen LogP contribution in [0, 0.1) is 0 Å². The molecule has 0 saturated heterocycles. The van der Waals surface area contributed by atoms with Crippen LogP contribution in [0.5, 0.6) is 5.75 Å². The van der Waals surface area contributed by atoms with Crippen molar-refractivity contribution in [3.05, 3.63) is 155 Å². The van der Waals surface area contributed by atoms with E-state index in [1.54, 1.807) is 47.5 Å². The monoisotopic (exact) mass is 686 g/mol.